The van der Waals surface area contributed by atoms with Gasteiger partial charge in [-0.05, 0) is 60.0 Å². The van der Waals surface area contributed by atoms with Crippen LogP contribution in [0.3, 0.4) is 0 Å². The lowest BCUT2D eigenvalue weighted by Crippen LogP contribution is -2.54. The molecule has 1 aliphatic rings. The summed E-state index contributed by atoms with van der Waals surface area (Å²) in [5, 5.41) is 2.17. The molecular weight excluding hydrogens is 437 g/mol. The van der Waals surface area contributed by atoms with Gasteiger partial charge in [0, 0.05) is 11.9 Å². The number of urea groups is 1. The average molecular weight is 461 g/mol. The van der Waals surface area contributed by atoms with Crippen LogP contribution in [0.4, 0.5) is 14.9 Å². The van der Waals surface area contributed by atoms with Crippen molar-refractivity contribution in [2.24, 2.45) is 0 Å². The van der Waals surface area contributed by atoms with Gasteiger partial charge in [-0.15, -0.1) is 0 Å². The lowest BCUT2D eigenvalue weighted by atomic mass is 10.0. The zero-order valence-corrected chi connectivity index (χ0v) is 18.8. The Morgan fingerprint density at radius 1 is 1.00 bits per heavy atom. The Labute approximate surface area is 196 Å². The molecule has 0 saturated carbocycles. The molecule has 7 nitrogen and oxygen atoms in total. The van der Waals surface area contributed by atoms with Gasteiger partial charge in [-0.1, -0.05) is 32.0 Å². The SMILES string of the molecule is CC(C)c1ccccc1OCCn1cccc1/C=C1\C(=O)NC(=O)N(c2ccc(F)cc2)C1=O. The highest BCUT2D eigenvalue weighted by Crippen LogP contribution is 2.26. The first-order valence-corrected chi connectivity index (χ1v) is 10.9. The second-order valence-electron chi connectivity index (χ2n) is 8.10. The fourth-order valence-corrected chi connectivity index (χ4v) is 3.73. The van der Waals surface area contributed by atoms with Gasteiger partial charge >= 0.3 is 6.03 Å². The molecule has 8 heteroatoms. The molecule has 0 unspecified atom stereocenters. The number of barbiturate groups is 1. The molecular formula is C26H24FN3O4. The summed E-state index contributed by atoms with van der Waals surface area (Å²) in [5.74, 6) is -0.930. The quantitative estimate of drug-likeness (QED) is 0.415. The summed E-state index contributed by atoms with van der Waals surface area (Å²) in [6.45, 7) is 5.07. The molecule has 0 atom stereocenters. The number of ether oxygens (including phenoxy) is 1. The Bertz CT molecular complexity index is 1260. The van der Waals surface area contributed by atoms with Crippen molar-refractivity contribution in [3.63, 3.8) is 0 Å². The van der Waals surface area contributed by atoms with Crippen molar-refractivity contribution in [3.05, 3.63) is 89.5 Å². The minimum absolute atomic E-state index is 0.162. The highest BCUT2D eigenvalue weighted by molar-refractivity contribution is 6.39. The first kappa shape index (κ1) is 23.0. The zero-order valence-electron chi connectivity index (χ0n) is 18.8. The molecule has 174 valence electrons. The summed E-state index contributed by atoms with van der Waals surface area (Å²) in [5.41, 5.74) is 1.69. The minimum Gasteiger partial charge on any atom is -0.491 e. The summed E-state index contributed by atoms with van der Waals surface area (Å²) in [6, 6.07) is 15.4. The van der Waals surface area contributed by atoms with Crippen molar-refractivity contribution in [1.29, 1.82) is 0 Å². The van der Waals surface area contributed by atoms with Crippen LogP contribution in [0.1, 0.15) is 31.0 Å². The molecule has 2 aromatic carbocycles. The van der Waals surface area contributed by atoms with Crippen molar-refractivity contribution >= 4 is 29.6 Å². The van der Waals surface area contributed by atoms with Crippen molar-refractivity contribution < 1.29 is 23.5 Å². The lowest BCUT2D eigenvalue weighted by Gasteiger charge is -2.26. The second-order valence-corrected chi connectivity index (χ2v) is 8.10. The maximum absolute atomic E-state index is 13.3. The molecule has 34 heavy (non-hydrogen) atoms. The number of imide groups is 2. The van der Waals surface area contributed by atoms with E-state index in [1.807, 2.05) is 35.0 Å². The Hall–Kier alpha value is -4.20. The molecule has 1 aliphatic heterocycles. The molecule has 1 N–H and O–H groups in total. The van der Waals surface area contributed by atoms with Crippen LogP contribution in [0.25, 0.3) is 6.08 Å². The van der Waals surface area contributed by atoms with Gasteiger partial charge in [0.2, 0.25) is 0 Å². The Morgan fingerprint density at radius 2 is 1.74 bits per heavy atom. The first-order valence-electron chi connectivity index (χ1n) is 10.9. The molecule has 4 rings (SSSR count). The number of hydrogen-bond acceptors (Lipinski definition) is 4. The van der Waals surface area contributed by atoms with Gasteiger partial charge in [-0.2, -0.15) is 0 Å². The molecule has 2 heterocycles. The van der Waals surface area contributed by atoms with E-state index in [0.29, 0.717) is 24.8 Å². The van der Waals surface area contributed by atoms with Crippen LogP contribution in [0.15, 0.2) is 72.4 Å². The minimum atomic E-state index is -0.883. The van der Waals surface area contributed by atoms with Crippen molar-refractivity contribution in [3.8, 4) is 5.75 Å². The van der Waals surface area contributed by atoms with Crippen LogP contribution >= 0.6 is 0 Å². The third-order valence-electron chi connectivity index (χ3n) is 5.47. The predicted octanol–water partition coefficient (Wildman–Crippen LogP) is 4.50. The number of anilines is 1. The molecule has 0 spiro atoms. The van der Waals surface area contributed by atoms with E-state index in [4.69, 9.17) is 4.74 Å². The monoisotopic (exact) mass is 461 g/mol. The number of benzene rings is 2. The number of carbonyl (C=O) groups excluding carboxylic acids is 3. The normalized spacial score (nSPS) is 15.2. The summed E-state index contributed by atoms with van der Waals surface area (Å²) < 4.78 is 21.1. The van der Waals surface area contributed by atoms with Gasteiger partial charge in [0.05, 0.1) is 12.2 Å². The van der Waals surface area contributed by atoms with Gasteiger partial charge in [-0.25, -0.2) is 14.1 Å². The van der Waals surface area contributed by atoms with Crippen LogP contribution in [-0.4, -0.2) is 29.0 Å². The summed E-state index contributed by atoms with van der Waals surface area (Å²) in [7, 11) is 0. The van der Waals surface area contributed by atoms with Gasteiger partial charge in [0.15, 0.2) is 0 Å². The lowest BCUT2D eigenvalue weighted by molar-refractivity contribution is -0.122. The van der Waals surface area contributed by atoms with E-state index >= 15 is 0 Å². The Kier molecular flexibility index (Phi) is 6.58. The number of rotatable bonds is 7. The smallest absolute Gasteiger partial charge is 0.335 e. The van der Waals surface area contributed by atoms with E-state index in [1.165, 1.54) is 18.2 Å². The molecule has 0 radical (unpaired) electrons. The number of hydrogen-bond donors (Lipinski definition) is 1. The van der Waals surface area contributed by atoms with E-state index in [1.54, 1.807) is 12.1 Å². The molecule has 0 bridgehead atoms. The number of halogens is 1. The second kappa shape index (κ2) is 9.74. The van der Waals surface area contributed by atoms with E-state index in [0.717, 1.165) is 28.3 Å². The third kappa shape index (κ3) is 4.76. The van der Waals surface area contributed by atoms with E-state index < -0.39 is 23.7 Å². The first-order chi connectivity index (χ1) is 16.3. The Morgan fingerprint density at radius 3 is 2.47 bits per heavy atom. The molecule has 1 saturated heterocycles. The summed E-state index contributed by atoms with van der Waals surface area (Å²) in [4.78, 5) is 38.6. The third-order valence-corrected chi connectivity index (χ3v) is 5.47. The van der Waals surface area contributed by atoms with Crippen molar-refractivity contribution in [1.82, 2.24) is 9.88 Å². The molecule has 1 aromatic heterocycles. The van der Waals surface area contributed by atoms with E-state index in [9.17, 15) is 18.8 Å². The number of nitrogens with zero attached hydrogens (tertiary/aromatic N) is 2. The maximum Gasteiger partial charge on any atom is 0.335 e. The Balaban J connectivity index is 1.52. The highest BCUT2D eigenvalue weighted by Gasteiger charge is 2.37. The molecule has 4 amide bonds. The van der Waals surface area contributed by atoms with Gasteiger partial charge in [0.25, 0.3) is 11.8 Å². The topological polar surface area (TPSA) is 80.6 Å². The van der Waals surface area contributed by atoms with Crippen molar-refractivity contribution in [2.75, 3.05) is 11.5 Å². The van der Waals surface area contributed by atoms with Crippen molar-refractivity contribution in [2.45, 2.75) is 26.3 Å². The number of aromatic nitrogens is 1. The molecule has 0 aliphatic carbocycles. The van der Waals surface area contributed by atoms with Gasteiger partial charge in [-0.3, -0.25) is 14.9 Å². The summed E-state index contributed by atoms with van der Waals surface area (Å²) >= 11 is 0. The van der Waals surface area contributed by atoms with Crippen LogP contribution in [-0.2, 0) is 16.1 Å². The number of amides is 4. The van der Waals surface area contributed by atoms with Gasteiger partial charge < -0.3 is 9.30 Å². The van der Waals surface area contributed by atoms with Crippen LogP contribution < -0.4 is 15.0 Å². The standard InChI is InChI=1S/C26H24FN3O4/c1-17(2)21-7-3-4-8-23(21)34-15-14-29-13-5-6-20(29)16-22-24(31)28-26(33)30(25(22)32)19-11-9-18(27)10-12-19/h3-13,16-17H,14-15H2,1-2H3,(H,28,31,33)/b22-16+. The van der Waals surface area contributed by atoms with E-state index in [-0.39, 0.29) is 11.3 Å². The number of nitrogens with one attached hydrogen (secondary N) is 1. The van der Waals surface area contributed by atoms with Crippen LogP contribution in [0.2, 0.25) is 0 Å². The van der Waals surface area contributed by atoms with Crippen LogP contribution in [0, 0.1) is 5.82 Å². The largest absolute Gasteiger partial charge is 0.491 e. The van der Waals surface area contributed by atoms with Crippen LogP contribution in [0.5, 0.6) is 5.75 Å². The number of carbonyl (C=O) groups is 3. The molecule has 1 fully saturated rings. The molecule has 3 aromatic rings. The fraction of sp³-hybridized carbons (Fsp3) is 0.192. The highest BCUT2D eigenvalue weighted by atomic mass is 19.1. The predicted molar refractivity (Wildman–Crippen MR) is 126 cm³/mol. The summed E-state index contributed by atoms with van der Waals surface area (Å²) in [6.07, 6.45) is 3.25. The fourth-order valence-electron chi connectivity index (χ4n) is 3.73. The zero-order chi connectivity index (χ0) is 24.2. The maximum atomic E-state index is 13.3. The van der Waals surface area contributed by atoms with Gasteiger partial charge in [0.1, 0.15) is 23.7 Å². The van der Waals surface area contributed by atoms with E-state index in [2.05, 4.69) is 19.2 Å². The number of para-hydroxylation sites is 1. The average Bonchev–Trinajstić information content (AvgIpc) is 3.25.